The molecule has 0 aromatic heterocycles. The molecule has 4 heteroatoms. The number of carbonyl (C=O) groups excluding carboxylic acids is 1. The number of carbonyl (C=O) groups is 1. The van der Waals surface area contributed by atoms with Crippen LogP contribution in [0, 0.1) is 5.92 Å². The summed E-state index contributed by atoms with van der Waals surface area (Å²) in [6.07, 6.45) is 4.58. The normalized spacial score (nSPS) is 29.2. The van der Waals surface area contributed by atoms with Gasteiger partial charge in [0, 0.05) is 44.2 Å². The highest BCUT2D eigenvalue weighted by molar-refractivity contribution is 5.81. The first-order chi connectivity index (χ1) is 7.66. The molecule has 1 heterocycles. The van der Waals surface area contributed by atoms with Gasteiger partial charge in [-0.05, 0) is 25.7 Å². The van der Waals surface area contributed by atoms with Crippen LogP contribution in [0.15, 0.2) is 0 Å². The van der Waals surface area contributed by atoms with Crippen LogP contribution in [0.1, 0.15) is 25.7 Å². The molecule has 1 amide bonds. The van der Waals surface area contributed by atoms with Gasteiger partial charge in [-0.3, -0.25) is 9.69 Å². The summed E-state index contributed by atoms with van der Waals surface area (Å²) >= 11 is 0. The van der Waals surface area contributed by atoms with Crippen LogP contribution >= 0.6 is 0 Å². The van der Waals surface area contributed by atoms with Gasteiger partial charge in [-0.2, -0.15) is 0 Å². The zero-order valence-electron chi connectivity index (χ0n) is 9.82. The van der Waals surface area contributed by atoms with Crippen LogP contribution in [0.2, 0.25) is 0 Å². The molecule has 2 aliphatic carbocycles. The van der Waals surface area contributed by atoms with Crippen molar-refractivity contribution in [2.45, 2.75) is 31.2 Å². The maximum atomic E-state index is 11.8. The molecule has 4 nitrogen and oxygen atoms in total. The van der Waals surface area contributed by atoms with E-state index in [2.05, 4.69) is 4.90 Å². The van der Waals surface area contributed by atoms with E-state index in [9.17, 15) is 4.79 Å². The Bertz CT molecular complexity index is 289. The van der Waals surface area contributed by atoms with E-state index in [0.29, 0.717) is 11.8 Å². The van der Waals surface area contributed by atoms with Gasteiger partial charge in [-0.25, -0.2) is 0 Å². The molecule has 90 valence electrons. The number of rotatable bonds is 3. The fraction of sp³-hybridized carbons (Fsp3) is 0.917. The Labute approximate surface area is 96.8 Å². The molecule has 2 saturated carbocycles. The largest absolute Gasteiger partial charge is 0.340 e. The number of hydrogen-bond acceptors (Lipinski definition) is 3. The molecule has 0 aromatic rings. The van der Waals surface area contributed by atoms with Gasteiger partial charge >= 0.3 is 0 Å². The third-order valence-corrected chi connectivity index (χ3v) is 4.04. The summed E-state index contributed by atoms with van der Waals surface area (Å²) in [5.41, 5.74) is 6.22. The third kappa shape index (κ3) is 2.23. The van der Waals surface area contributed by atoms with E-state index in [4.69, 9.17) is 5.73 Å². The van der Waals surface area contributed by atoms with Crippen molar-refractivity contribution < 1.29 is 4.79 Å². The van der Waals surface area contributed by atoms with E-state index in [1.54, 1.807) is 0 Å². The number of nitrogens with two attached hydrogens (primary N) is 1. The summed E-state index contributed by atoms with van der Waals surface area (Å²) in [6.45, 7) is 4.87. The first-order valence-electron chi connectivity index (χ1n) is 6.46. The smallest absolute Gasteiger partial charge is 0.225 e. The minimum Gasteiger partial charge on any atom is -0.340 e. The van der Waals surface area contributed by atoms with E-state index in [1.807, 2.05) is 4.90 Å². The molecule has 3 rings (SSSR count). The quantitative estimate of drug-likeness (QED) is 0.734. The molecule has 0 aromatic carbocycles. The SMILES string of the molecule is NC1(CN2CCN(C(=O)C3CC3)CC2)CC1. The van der Waals surface area contributed by atoms with Crippen molar-refractivity contribution in [2.24, 2.45) is 11.7 Å². The van der Waals surface area contributed by atoms with Crippen molar-refractivity contribution in [3.05, 3.63) is 0 Å². The molecule has 0 atom stereocenters. The Morgan fingerprint density at radius 1 is 1.19 bits per heavy atom. The van der Waals surface area contributed by atoms with E-state index < -0.39 is 0 Å². The van der Waals surface area contributed by atoms with Crippen LogP contribution in [-0.2, 0) is 4.79 Å². The summed E-state index contributed by atoms with van der Waals surface area (Å²) in [5, 5.41) is 0. The molecule has 0 bridgehead atoms. The maximum absolute atomic E-state index is 11.8. The summed E-state index contributed by atoms with van der Waals surface area (Å²) < 4.78 is 0. The van der Waals surface area contributed by atoms with Gasteiger partial charge in [-0.1, -0.05) is 0 Å². The van der Waals surface area contributed by atoms with Crippen molar-refractivity contribution in [3.63, 3.8) is 0 Å². The van der Waals surface area contributed by atoms with Crippen molar-refractivity contribution in [1.82, 2.24) is 9.80 Å². The van der Waals surface area contributed by atoms with Gasteiger partial charge in [0.2, 0.25) is 5.91 Å². The van der Waals surface area contributed by atoms with E-state index in [0.717, 1.165) is 45.6 Å². The molecule has 2 N–H and O–H groups in total. The zero-order valence-corrected chi connectivity index (χ0v) is 9.82. The Morgan fingerprint density at radius 3 is 2.31 bits per heavy atom. The monoisotopic (exact) mass is 223 g/mol. The topological polar surface area (TPSA) is 49.6 Å². The van der Waals surface area contributed by atoms with Crippen molar-refractivity contribution in [1.29, 1.82) is 0 Å². The first-order valence-corrected chi connectivity index (χ1v) is 6.46. The van der Waals surface area contributed by atoms with Gasteiger partial charge in [0.25, 0.3) is 0 Å². The van der Waals surface area contributed by atoms with Crippen LogP contribution < -0.4 is 5.73 Å². The Hall–Kier alpha value is -0.610. The lowest BCUT2D eigenvalue weighted by molar-refractivity contribution is -0.134. The van der Waals surface area contributed by atoms with Crippen molar-refractivity contribution >= 4 is 5.91 Å². The Kier molecular flexibility index (Phi) is 2.44. The molecule has 0 spiro atoms. The summed E-state index contributed by atoms with van der Waals surface area (Å²) in [4.78, 5) is 16.3. The second-order valence-corrected chi connectivity index (χ2v) is 5.74. The van der Waals surface area contributed by atoms with E-state index in [-0.39, 0.29) is 5.54 Å². The van der Waals surface area contributed by atoms with Crippen molar-refractivity contribution in [3.8, 4) is 0 Å². The Balaban J connectivity index is 1.46. The summed E-state index contributed by atoms with van der Waals surface area (Å²) in [5.74, 6) is 0.768. The van der Waals surface area contributed by atoms with E-state index in [1.165, 1.54) is 12.8 Å². The van der Waals surface area contributed by atoms with Gasteiger partial charge < -0.3 is 10.6 Å². The van der Waals surface area contributed by atoms with Crippen LogP contribution in [-0.4, -0.2) is 54.0 Å². The lowest BCUT2D eigenvalue weighted by Gasteiger charge is -2.36. The minimum atomic E-state index is 0.114. The predicted octanol–water partition coefficient (Wildman–Crippen LogP) is 0.0319. The molecular formula is C12H21N3O. The standard InChI is InChI=1S/C12H21N3O/c13-12(3-4-12)9-14-5-7-15(8-6-14)11(16)10-1-2-10/h10H,1-9,13H2. The highest BCUT2D eigenvalue weighted by atomic mass is 16.2. The van der Waals surface area contributed by atoms with Crippen LogP contribution in [0.25, 0.3) is 0 Å². The molecule has 0 radical (unpaired) electrons. The maximum Gasteiger partial charge on any atom is 0.225 e. The van der Waals surface area contributed by atoms with Gasteiger partial charge in [-0.15, -0.1) is 0 Å². The Morgan fingerprint density at radius 2 is 1.81 bits per heavy atom. The van der Waals surface area contributed by atoms with Crippen molar-refractivity contribution in [2.75, 3.05) is 32.7 Å². The second-order valence-electron chi connectivity index (χ2n) is 5.74. The molecule has 3 fully saturated rings. The average molecular weight is 223 g/mol. The molecular weight excluding hydrogens is 202 g/mol. The third-order valence-electron chi connectivity index (χ3n) is 4.04. The minimum absolute atomic E-state index is 0.114. The number of amides is 1. The zero-order chi connectivity index (χ0) is 11.2. The van der Waals surface area contributed by atoms with Gasteiger partial charge in [0.05, 0.1) is 0 Å². The molecule has 3 aliphatic rings. The van der Waals surface area contributed by atoms with Gasteiger partial charge in [0.1, 0.15) is 0 Å². The fourth-order valence-corrected chi connectivity index (χ4v) is 2.48. The van der Waals surface area contributed by atoms with E-state index >= 15 is 0 Å². The second kappa shape index (κ2) is 3.70. The predicted molar refractivity (Wildman–Crippen MR) is 61.9 cm³/mol. The number of nitrogens with zero attached hydrogens (tertiary/aromatic N) is 2. The summed E-state index contributed by atoms with van der Waals surface area (Å²) in [7, 11) is 0. The first kappa shape index (κ1) is 10.5. The fourth-order valence-electron chi connectivity index (χ4n) is 2.48. The lowest BCUT2D eigenvalue weighted by Crippen LogP contribution is -2.52. The van der Waals surface area contributed by atoms with Crippen LogP contribution in [0.3, 0.4) is 0 Å². The number of hydrogen-bond donors (Lipinski definition) is 1. The molecule has 16 heavy (non-hydrogen) atoms. The lowest BCUT2D eigenvalue weighted by atomic mass is 10.2. The molecule has 1 saturated heterocycles. The average Bonchev–Trinajstić information content (AvgIpc) is 3.15. The van der Waals surface area contributed by atoms with Crippen LogP contribution in [0.4, 0.5) is 0 Å². The van der Waals surface area contributed by atoms with Crippen LogP contribution in [0.5, 0.6) is 0 Å². The molecule has 1 aliphatic heterocycles. The highest BCUT2D eigenvalue weighted by Gasteiger charge is 2.41. The number of piperazine rings is 1. The summed E-state index contributed by atoms with van der Waals surface area (Å²) in [6, 6.07) is 0. The highest BCUT2D eigenvalue weighted by Crippen LogP contribution is 2.34. The molecule has 0 unspecified atom stereocenters. The van der Waals surface area contributed by atoms with Gasteiger partial charge in [0.15, 0.2) is 0 Å².